The Hall–Kier alpha value is -6.24. The minimum absolute atomic E-state index is 0.0983. The van der Waals surface area contributed by atoms with Crippen molar-refractivity contribution < 1.29 is 23.9 Å². The Labute approximate surface area is 341 Å². The van der Waals surface area contributed by atoms with Crippen LogP contribution in [0.4, 0.5) is 34.5 Å². The van der Waals surface area contributed by atoms with E-state index in [9.17, 15) is 24.4 Å². The second-order valence-corrected chi connectivity index (χ2v) is 15.0. The number of carbonyl (C=O) groups is 4. The van der Waals surface area contributed by atoms with E-state index < -0.39 is 6.04 Å². The number of rotatable bonds is 12. The molecule has 16 heteroatoms. The van der Waals surface area contributed by atoms with Crippen LogP contribution in [-0.4, -0.2) is 102 Å². The van der Waals surface area contributed by atoms with Gasteiger partial charge in [0.15, 0.2) is 11.6 Å². The number of ether oxygens (including phenoxy) is 1. The number of nitrogens with one attached hydrogen (secondary N) is 4. The van der Waals surface area contributed by atoms with Crippen LogP contribution in [0.2, 0.25) is 5.02 Å². The van der Waals surface area contributed by atoms with Gasteiger partial charge in [0.1, 0.15) is 22.9 Å². The van der Waals surface area contributed by atoms with Gasteiger partial charge in [0.25, 0.3) is 0 Å². The molecule has 4 heterocycles. The van der Waals surface area contributed by atoms with Gasteiger partial charge in [0.05, 0.1) is 42.5 Å². The number of nitriles is 1. The second-order valence-electron chi connectivity index (χ2n) is 14.6. The van der Waals surface area contributed by atoms with Crippen molar-refractivity contribution in [2.24, 2.45) is 0 Å². The number of halogens is 1. The predicted octanol–water partition coefficient (Wildman–Crippen LogP) is 5.45. The molecule has 0 radical (unpaired) electrons. The first-order valence-corrected chi connectivity index (χ1v) is 19.7. The van der Waals surface area contributed by atoms with Crippen LogP contribution in [-0.2, 0) is 14.4 Å². The second kappa shape index (κ2) is 17.9. The summed E-state index contributed by atoms with van der Waals surface area (Å²) in [7, 11) is 1.55. The van der Waals surface area contributed by atoms with Gasteiger partial charge in [-0.05, 0) is 81.1 Å². The van der Waals surface area contributed by atoms with Gasteiger partial charge >= 0.3 is 0 Å². The summed E-state index contributed by atoms with van der Waals surface area (Å²) in [6, 6.07) is 20.6. The molecule has 58 heavy (non-hydrogen) atoms. The molecule has 3 fully saturated rings. The number of nitrogens with zero attached hydrogens (tertiary/aromatic N) is 6. The molecule has 1 atom stereocenters. The zero-order valence-electron chi connectivity index (χ0n) is 32.4. The number of anilines is 6. The number of imide groups is 1. The quantitative estimate of drug-likeness (QED) is 0.105. The number of ketones is 1. The van der Waals surface area contributed by atoms with Gasteiger partial charge in [0.2, 0.25) is 23.7 Å². The molecule has 3 saturated heterocycles. The van der Waals surface area contributed by atoms with Crippen molar-refractivity contribution in [1.29, 1.82) is 5.26 Å². The van der Waals surface area contributed by atoms with E-state index in [0.29, 0.717) is 91.2 Å². The highest BCUT2D eigenvalue weighted by Crippen LogP contribution is 2.36. The first-order valence-electron chi connectivity index (χ1n) is 19.3. The summed E-state index contributed by atoms with van der Waals surface area (Å²) in [5.74, 6) is 0.843. The fourth-order valence-corrected chi connectivity index (χ4v) is 7.78. The van der Waals surface area contributed by atoms with Crippen molar-refractivity contribution >= 4 is 69.6 Å². The Kier molecular flexibility index (Phi) is 12.3. The number of carbonyl (C=O) groups excluding carboxylic acids is 4. The average Bonchev–Trinajstić information content (AvgIpc) is 3.23. The lowest BCUT2D eigenvalue weighted by Crippen LogP contribution is -2.52. The first kappa shape index (κ1) is 40.0. The zero-order chi connectivity index (χ0) is 40.8. The van der Waals surface area contributed by atoms with Crippen LogP contribution in [0.3, 0.4) is 0 Å². The number of hydrogen-bond acceptors (Lipinski definition) is 13. The first-order chi connectivity index (χ1) is 28.1. The topological polar surface area (TPSA) is 185 Å². The minimum Gasteiger partial charge on any atom is -0.494 e. The summed E-state index contributed by atoms with van der Waals surface area (Å²) in [6.45, 7) is 5.68. The maximum Gasteiger partial charge on any atom is 0.249 e. The van der Waals surface area contributed by atoms with E-state index in [4.69, 9.17) is 16.3 Å². The van der Waals surface area contributed by atoms with Gasteiger partial charge in [-0.15, -0.1) is 0 Å². The summed E-state index contributed by atoms with van der Waals surface area (Å²) < 4.78 is 5.73. The van der Waals surface area contributed by atoms with E-state index >= 15 is 0 Å². The minimum atomic E-state index is -0.414. The summed E-state index contributed by atoms with van der Waals surface area (Å²) in [4.78, 5) is 64.2. The molecule has 1 aromatic heterocycles. The number of piperidine rings is 2. The number of aromatic nitrogens is 2. The maximum absolute atomic E-state index is 13.4. The molecule has 0 saturated carbocycles. The molecule has 3 aromatic carbocycles. The van der Waals surface area contributed by atoms with E-state index in [-0.39, 0.29) is 34.5 Å². The number of Topliss-reactive ketones (excluding diaryl/α,β-unsaturated/α-hetero) is 1. The lowest BCUT2D eigenvalue weighted by molar-refractivity contribution is -0.134. The molecule has 1 unspecified atom stereocenters. The number of para-hydroxylation sites is 1. The Balaban J connectivity index is 0.911. The van der Waals surface area contributed by atoms with E-state index in [1.165, 1.54) is 18.7 Å². The lowest BCUT2D eigenvalue weighted by Gasteiger charge is -2.38. The van der Waals surface area contributed by atoms with Gasteiger partial charge in [-0.25, -0.2) is 4.98 Å². The summed E-state index contributed by atoms with van der Waals surface area (Å²) in [5, 5.41) is 22.3. The smallest absolute Gasteiger partial charge is 0.249 e. The third kappa shape index (κ3) is 9.30. The van der Waals surface area contributed by atoms with Crippen molar-refractivity contribution in [1.82, 2.24) is 25.1 Å². The normalized spacial score (nSPS) is 17.6. The summed E-state index contributed by atoms with van der Waals surface area (Å²) in [5.41, 5.74) is 4.75. The van der Waals surface area contributed by atoms with Crippen molar-refractivity contribution in [3.8, 4) is 11.8 Å². The third-order valence-corrected chi connectivity index (χ3v) is 11.1. The van der Waals surface area contributed by atoms with Crippen LogP contribution in [0.25, 0.3) is 0 Å². The fraction of sp³-hybridized carbons (Fsp3) is 0.357. The van der Waals surface area contributed by atoms with Crippen LogP contribution < -0.4 is 30.9 Å². The number of methoxy groups -OCH3 is 1. The average molecular weight is 805 g/mol. The zero-order valence-corrected chi connectivity index (χ0v) is 33.1. The highest BCUT2D eigenvalue weighted by atomic mass is 35.5. The van der Waals surface area contributed by atoms with Crippen molar-refractivity contribution in [2.45, 2.75) is 44.6 Å². The Morgan fingerprint density at radius 1 is 0.966 bits per heavy atom. The molecule has 300 valence electrons. The van der Waals surface area contributed by atoms with Crippen LogP contribution in [0.5, 0.6) is 5.75 Å². The fourth-order valence-electron chi connectivity index (χ4n) is 7.65. The van der Waals surface area contributed by atoms with E-state index in [0.717, 1.165) is 31.6 Å². The standard InChI is InChI=1S/C42H45ClN10O5/c1-26(54)31-5-3-4-6-33(31)47-40-32(43)24-45-42(50-40)48-35-21-29(23-44)36(22-37(35)58-2)52-17-19-53(20-18-52)39(56)25-51-15-13-28(14-16-51)27-7-9-30(10-8-27)46-34-11-12-38(55)49-41(34)57/h3-10,21-22,24,28,34,46H,11-20,25H2,1-2H3,(H,49,55,57)(H2,45,47,48,50). The van der Waals surface area contributed by atoms with E-state index in [1.54, 1.807) is 37.4 Å². The Morgan fingerprint density at radius 2 is 1.71 bits per heavy atom. The third-order valence-electron chi connectivity index (χ3n) is 10.9. The number of likely N-dealkylation sites (tertiary alicyclic amines) is 1. The van der Waals surface area contributed by atoms with Gasteiger partial charge in [0, 0.05) is 49.9 Å². The largest absolute Gasteiger partial charge is 0.494 e. The molecular weight excluding hydrogens is 760 g/mol. The van der Waals surface area contributed by atoms with Gasteiger partial charge < -0.3 is 30.5 Å². The van der Waals surface area contributed by atoms with Crippen LogP contribution in [0, 0.1) is 11.3 Å². The monoisotopic (exact) mass is 804 g/mol. The highest BCUT2D eigenvalue weighted by molar-refractivity contribution is 6.33. The van der Waals surface area contributed by atoms with Gasteiger partial charge in [-0.1, -0.05) is 35.9 Å². The number of hydrogen-bond donors (Lipinski definition) is 4. The molecule has 3 amide bonds. The highest BCUT2D eigenvalue weighted by Gasteiger charge is 2.29. The van der Waals surface area contributed by atoms with E-state index in [2.05, 4.69) is 59.2 Å². The summed E-state index contributed by atoms with van der Waals surface area (Å²) >= 11 is 6.41. The molecular formula is C42H45ClN10O5. The van der Waals surface area contributed by atoms with Crippen molar-refractivity contribution in [3.63, 3.8) is 0 Å². The van der Waals surface area contributed by atoms with Crippen molar-refractivity contribution in [2.75, 3.05) is 73.8 Å². The van der Waals surface area contributed by atoms with Crippen LogP contribution >= 0.6 is 11.6 Å². The van der Waals surface area contributed by atoms with E-state index in [1.807, 2.05) is 23.1 Å². The molecule has 7 rings (SSSR count). The Morgan fingerprint density at radius 3 is 2.40 bits per heavy atom. The predicted molar refractivity (Wildman–Crippen MR) is 221 cm³/mol. The SMILES string of the molecule is COc1cc(N2CCN(C(=O)CN3CCC(c4ccc(NC5CCC(=O)NC5=O)cc4)CC3)CC2)c(C#N)cc1Nc1ncc(Cl)c(Nc2ccccc2C(C)=O)n1. The molecule has 0 bridgehead atoms. The Bertz CT molecular complexity index is 2230. The molecule has 4 aromatic rings. The van der Waals surface area contributed by atoms with Crippen LogP contribution in [0.15, 0.2) is 66.9 Å². The van der Waals surface area contributed by atoms with Crippen LogP contribution in [0.1, 0.15) is 60.0 Å². The molecule has 15 nitrogen and oxygen atoms in total. The van der Waals surface area contributed by atoms with Gasteiger partial charge in [-0.3, -0.25) is 29.4 Å². The molecule has 3 aliphatic heterocycles. The van der Waals surface area contributed by atoms with Gasteiger partial charge in [-0.2, -0.15) is 10.2 Å². The lowest BCUT2D eigenvalue weighted by atomic mass is 9.89. The van der Waals surface area contributed by atoms with Crippen molar-refractivity contribution in [3.05, 3.63) is 88.6 Å². The molecule has 4 N–H and O–H groups in total. The summed E-state index contributed by atoms with van der Waals surface area (Å²) in [6.07, 6.45) is 4.15. The number of amides is 3. The molecule has 0 aliphatic carbocycles. The molecule has 0 spiro atoms. The maximum atomic E-state index is 13.4. The molecule has 3 aliphatic rings. The number of benzene rings is 3. The number of piperazine rings is 1.